The van der Waals surface area contributed by atoms with E-state index in [9.17, 15) is 9.90 Å². The molecule has 0 aliphatic heterocycles. The molecule has 2 fully saturated rings. The van der Waals surface area contributed by atoms with Gasteiger partial charge in [-0.1, -0.05) is 65.8 Å². The van der Waals surface area contributed by atoms with Crippen LogP contribution in [0.15, 0.2) is 35.5 Å². The number of Topliss-reactive ketones (excluding diaryl/α,β-unsaturated/α-hetero) is 1. The van der Waals surface area contributed by atoms with Gasteiger partial charge in [0, 0.05) is 17.8 Å². The second-order valence-corrected chi connectivity index (χ2v) is 12.1. The van der Waals surface area contributed by atoms with Gasteiger partial charge in [-0.05, 0) is 84.7 Å². The molecule has 31 heavy (non-hydrogen) atoms. The number of allylic oxidation sites excluding steroid dienone is 4. The normalized spacial score (nSPS) is 43.0. The van der Waals surface area contributed by atoms with Gasteiger partial charge in [0.05, 0.1) is 6.10 Å². The summed E-state index contributed by atoms with van der Waals surface area (Å²) in [5.41, 5.74) is 4.23. The molecule has 0 aromatic rings. The maximum atomic E-state index is 12.4. The highest BCUT2D eigenvalue weighted by atomic mass is 16.3. The van der Waals surface area contributed by atoms with Gasteiger partial charge in [0.2, 0.25) is 0 Å². The van der Waals surface area contributed by atoms with Gasteiger partial charge in [-0.3, -0.25) is 4.79 Å². The summed E-state index contributed by atoms with van der Waals surface area (Å²) >= 11 is 0. The first-order chi connectivity index (χ1) is 14.5. The second kappa shape index (κ2) is 8.01. The number of rotatable bonds is 5. The number of aliphatic hydroxyl groups excluding tert-OH is 1. The minimum absolute atomic E-state index is 0.0401. The summed E-state index contributed by atoms with van der Waals surface area (Å²) in [5, 5.41) is 11.6. The third-order valence-corrected chi connectivity index (χ3v) is 10.4. The number of fused-ring (bicyclic) bond motifs is 5. The van der Waals surface area contributed by atoms with Crippen LogP contribution < -0.4 is 0 Å². The molecule has 172 valence electrons. The SMILES string of the molecule is C=C(CC[C@@H](C)[C@H]1CC[C@H]2C3=CC[C@H]4[C@H](C)C(=O)CC[C@]4(C)C3=C[C@@H](O)[C@]12C)C(C)C. The van der Waals surface area contributed by atoms with Crippen molar-refractivity contribution in [1.29, 1.82) is 0 Å². The lowest BCUT2D eigenvalue weighted by Gasteiger charge is -2.55. The zero-order valence-corrected chi connectivity index (χ0v) is 20.7. The largest absolute Gasteiger partial charge is 0.388 e. The number of carbonyl (C=O) groups excluding carboxylic acids is 1. The number of ketones is 1. The standard InChI is InChI=1S/C29H44O2/c1-17(2)18(3)8-9-19(4)22-12-13-24-21-10-11-23-20(5)26(30)14-15-28(23,6)25(21)16-27(31)29(22,24)7/h10,16-17,19-20,22-24,27,31H,3,8-9,11-15H2,1-2,4-7H3/t19-,20+,22-,23+,24+,27-,28+,29-/m1/s1. The van der Waals surface area contributed by atoms with E-state index < -0.39 is 6.10 Å². The number of aliphatic hydroxyl groups is 1. The van der Waals surface area contributed by atoms with E-state index >= 15 is 0 Å². The molecule has 1 N–H and O–H groups in total. The highest BCUT2D eigenvalue weighted by Gasteiger charge is 2.59. The lowest BCUT2D eigenvalue weighted by atomic mass is 9.49. The molecule has 4 aliphatic rings. The van der Waals surface area contributed by atoms with Gasteiger partial charge in [0.15, 0.2) is 0 Å². The Morgan fingerprint density at radius 2 is 1.97 bits per heavy atom. The van der Waals surface area contributed by atoms with Gasteiger partial charge in [-0.15, -0.1) is 0 Å². The quantitative estimate of drug-likeness (QED) is 0.487. The Bertz CT molecular complexity index is 817. The predicted molar refractivity (Wildman–Crippen MR) is 128 cm³/mol. The molecule has 0 amide bonds. The van der Waals surface area contributed by atoms with E-state index in [1.165, 1.54) is 36.0 Å². The first-order valence-electron chi connectivity index (χ1n) is 12.8. The average molecular weight is 425 g/mol. The Morgan fingerprint density at radius 3 is 2.65 bits per heavy atom. The first kappa shape index (κ1) is 23.0. The van der Waals surface area contributed by atoms with Crippen LogP contribution in [0.3, 0.4) is 0 Å². The summed E-state index contributed by atoms with van der Waals surface area (Å²) in [5.74, 6) is 3.09. The van der Waals surface area contributed by atoms with Gasteiger partial charge < -0.3 is 5.11 Å². The molecule has 0 unspecified atom stereocenters. The minimum atomic E-state index is -0.392. The molecule has 0 aromatic carbocycles. The Kier molecular flexibility index (Phi) is 5.95. The molecule has 0 radical (unpaired) electrons. The Labute approximate surface area is 190 Å². The van der Waals surface area contributed by atoms with Crippen molar-refractivity contribution in [1.82, 2.24) is 0 Å². The van der Waals surface area contributed by atoms with E-state index in [1.807, 2.05) is 0 Å². The van der Waals surface area contributed by atoms with Gasteiger partial charge >= 0.3 is 0 Å². The van der Waals surface area contributed by atoms with Crippen molar-refractivity contribution < 1.29 is 9.90 Å². The molecule has 0 bridgehead atoms. The van der Waals surface area contributed by atoms with Crippen LogP contribution in [0.25, 0.3) is 0 Å². The smallest absolute Gasteiger partial charge is 0.136 e. The molecule has 4 rings (SSSR count). The molecule has 4 aliphatic carbocycles. The van der Waals surface area contributed by atoms with Crippen LogP contribution in [0.4, 0.5) is 0 Å². The highest BCUT2D eigenvalue weighted by Crippen LogP contribution is 2.65. The Hall–Kier alpha value is -1.15. The fourth-order valence-electron chi connectivity index (χ4n) is 7.96. The average Bonchev–Trinajstić information content (AvgIpc) is 3.08. The summed E-state index contributed by atoms with van der Waals surface area (Å²) in [7, 11) is 0. The van der Waals surface area contributed by atoms with E-state index in [2.05, 4.69) is 60.3 Å². The summed E-state index contributed by atoms with van der Waals surface area (Å²) in [6.45, 7) is 18.0. The van der Waals surface area contributed by atoms with Crippen LogP contribution in [-0.4, -0.2) is 17.0 Å². The van der Waals surface area contributed by atoms with Gasteiger partial charge in [0.25, 0.3) is 0 Å². The van der Waals surface area contributed by atoms with Crippen molar-refractivity contribution in [3.8, 4) is 0 Å². The molecule has 8 atom stereocenters. The topological polar surface area (TPSA) is 37.3 Å². The zero-order valence-electron chi connectivity index (χ0n) is 20.7. The summed E-state index contributed by atoms with van der Waals surface area (Å²) in [4.78, 5) is 12.4. The molecule has 0 spiro atoms. The number of hydrogen-bond donors (Lipinski definition) is 1. The van der Waals surface area contributed by atoms with E-state index in [4.69, 9.17) is 0 Å². The van der Waals surface area contributed by atoms with Crippen molar-refractivity contribution in [2.75, 3.05) is 0 Å². The molecular formula is C29H44O2. The number of carbonyl (C=O) groups is 1. The Balaban J connectivity index is 1.62. The van der Waals surface area contributed by atoms with Crippen molar-refractivity contribution in [3.63, 3.8) is 0 Å². The number of hydrogen-bond acceptors (Lipinski definition) is 2. The van der Waals surface area contributed by atoms with Crippen LogP contribution >= 0.6 is 0 Å². The molecule has 0 saturated heterocycles. The zero-order chi connectivity index (χ0) is 22.7. The van der Waals surface area contributed by atoms with E-state index in [-0.39, 0.29) is 16.7 Å². The van der Waals surface area contributed by atoms with Gasteiger partial charge in [-0.2, -0.15) is 0 Å². The van der Waals surface area contributed by atoms with Crippen molar-refractivity contribution >= 4 is 5.78 Å². The Morgan fingerprint density at radius 1 is 1.26 bits per heavy atom. The fraction of sp³-hybridized carbons (Fsp3) is 0.759. The molecule has 0 aromatic heterocycles. The first-order valence-corrected chi connectivity index (χ1v) is 12.8. The fourth-order valence-corrected chi connectivity index (χ4v) is 7.96. The van der Waals surface area contributed by atoms with E-state index in [0.717, 1.165) is 19.3 Å². The second-order valence-electron chi connectivity index (χ2n) is 12.1. The van der Waals surface area contributed by atoms with Crippen molar-refractivity contribution in [2.24, 2.45) is 46.3 Å². The highest BCUT2D eigenvalue weighted by molar-refractivity contribution is 5.82. The van der Waals surface area contributed by atoms with E-state index in [1.54, 1.807) is 0 Å². The molecular weight excluding hydrogens is 380 g/mol. The lowest BCUT2D eigenvalue weighted by molar-refractivity contribution is -0.129. The van der Waals surface area contributed by atoms with Crippen molar-refractivity contribution in [3.05, 3.63) is 35.5 Å². The summed E-state index contributed by atoms with van der Waals surface area (Å²) in [6, 6.07) is 0. The van der Waals surface area contributed by atoms with E-state index in [0.29, 0.717) is 41.8 Å². The maximum Gasteiger partial charge on any atom is 0.136 e. The van der Waals surface area contributed by atoms with Gasteiger partial charge in [-0.25, -0.2) is 0 Å². The van der Waals surface area contributed by atoms with Crippen LogP contribution in [-0.2, 0) is 4.79 Å². The molecule has 2 heteroatoms. The third-order valence-electron chi connectivity index (χ3n) is 10.4. The third kappa shape index (κ3) is 3.43. The molecule has 0 heterocycles. The van der Waals surface area contributed by atoms with Crippen LogP contribution in [0.5, 0.6) is 0 Å². The maximum absolute atomic E-state index is 12.4. The summed E-state index contributed by atoms with van der Waals surface area (Å²) < 4.78 is 0. The predicted octanol–water partition coefficient (Wildman–Crippen LogP) is 6.90. The van der Waals surface area contributed by atoms with Gasteiger partial charge in [0.1, 0.15) is 5.78 Å². The van der Waals surface area contributed by atoms with Crippen LogP contribution in [0.2, 0.25) is 0 Å². The van der Waals surface area contributed by atoms with Crippen molar-refractivity contribution in [2.45, 2.75) is 92.6 Å². The summed E-state index contributed by atoms with van der Waals surface area (Å²) in [6.07, 6.45) is 11.6. The molecule has 2 nitrogen and oxygen atoms in total. The van der Waals surface area contributed by atoms with Crippen LogP contribution in [0.1, 0.15) is 86.5 Å². The van der Waals surface area contributed by atoms with Crippen LogP contribution in [0, 0.1) is 46.3 Å². The minimum Gasteiger partial charge on any atom is -0.388 e. The molecule has 2 saturated carbocycles. The lowest BCUT2D eigenvalue weighted by Crippen LogP contribution is -2.51. The monoisotopic (exact) mass is 424 g/mol.